The third-order valence-corrected chi connectivity index (χ3v) is 2.34. The van der Waals surface area contributed by atoms with E-state index in [0.717, 1.165) is 23.3 Å². The monoisotopic (exact) mass is 174 g/mol. The Hall–Kier alpha value is -1.37. The number of benzene rings is 1. The molecule has 0 fully saturated rings. The largest absolute Gasteiger partial charge is 0.206 e. The lowest BCUT2D eigenvalue weighted by molar-refractivity contribution is 0.613. The molecule has 0 aliphatic heterocycles. The van der Waals surface area contributed by atoms with Crippen molar-refractivity contribution < 1.29 is 4.39 Å². The van der Waals surface area contributed by atoms with Crippen molar-refractivity contribution in [1.82, 2.24) is 0 Å². The van der Waals surface area contributed by atoms with Crippen molar-refractivity contribution in [3.05, 3.63) is 40.5 Å². The Balaban J connectivity index is 2.84. The fraction of sp³-hybridized carbons (Fsp3) is 0.167. The van der Waals surface area contributed by atoms with Crippen LogP contribution in [0.2, 0.25) is 0 Å². The lowest BCUT2D eigenvalue weighted by atomic mass is 10.0. The van der Waals surface area contributed by atoms with E-state index in [1.54, 1.807) is 12.1 Å². The van der Waals surface area contributed by atoms with Crippen LogP contribution in [0.1, 0.15) is 18.4 Å². The Labute approximate surface area is 76.7 Å². The van der Waals surface area contributed by atoms with E-state index in [2.05, 4.69) is 12.7 Å². The van der Waals surface area contributed by atoms with Crippen LogP contribution in [-0.4, -0.2) is 0 Å². The van der Waals surface area contributed by atoms with Gasteiger partial charge in [0, 0.05) is 10.8 Å². The molecule has 0 nitrogen and oxygen atoms in total. The summed E-state index contributed by atoms with van der Waals surface area (Å²) in [5, 5.41) is 1.75. The average molecular weight is 174 g/mol. The minimum Gasteiger partial charge on any atom is -0.206 e. The maximum atomic E-state index is 13.6. The standard InChI is InChI=1S/C12H11F/c1-2-9-7-8-10-5-3-4-6-11(10)12(9)13/h2,5-8H,1,3-4H2. The molecule has 1 aromatic carbocycles. The first-order valence-corrected chi connectivity index (χ1v) is 4.44. The summed E-state index contributed by atoms with van der Waals surface area (Å²) in [7, 11) is 0. The van der Waals surface area contributed by atoms with Crippen molar-refractivity contribution in [2.24, 2.45) is 0 Å². The van der Waals surface area contributed by atoms with Crippen molar-refractivity contribution in [3.63, 3.8) is 0 Å². The van der Waals surface area contributed by atoms with Gasteiger partial charge in [-0.3, -0.25) is 0 Å². The molecule has 0 spiro atoms. The van der Waals surface area contributed by atoms with Crippen LogP contribution in [0.5, 0.6) is 0 Å². The van der Waals surface area contributed by atoms with Gasteiger partial charge in [-0.25, -0.2) is 4.39 Å². The molecular formula is C12H11F. The average Bonchev–Trinajstić information content (AvgIpc) is 2.19. The van der Waals surface area contributed by atoms with Gasteiger partial charge in [0.15, 0.2) is 0 Å². The lowest BCUT2D eigenvalue weighted by Crippen LogP contribution is -2.30. The zero-order valence-corrected chi connectivity index (χ0v) is 7.39. The molecule has 0 amide bonds. The first-order valence-electron chi connectivity index (χ1n) is 4.44. The molecule has 1 aliphatic rings. The summed E-state index contributed by atoms with van der Waals surface area (Å²) in [5.41, 5.74) is 0.588. The number of halogens is 1. The van der Waals surface area contributed by atoms with Gasteiger partial charge in [0.1, 0.15) is 5.82 Å². The van der Waals surface area contributed by atoms with Crippen LogP contribution in [-0.2, 0) is 0 Å². The molecule has 0 saturated heterocycles. The molecule has 0 unspecified atom stereocenters. The minimum absolute atomic E-state index is 0.136. The van der Waals surface area contributed by atoms with E-state index in [9.17, 15) is 4.39 Å². The predicted octanol–water partition coefficient (Wildman–Crippen LogP) is 1.82. The summed E-state index contributed by atoms with van der Waals surface area (Å²) >= 11 is 0. The molecule has 13 heavy (non-hydrogen) atoms. The van der Waals surface area contributed by atoms with Crippen LogP contribution in [0.3, 0.4) is 0 Å². The van der Waals surface area contributed by atoms with Gasteiger partial charge >= 0.3 is 0 Å². The molecule has 66 valence electrons. The van der Waals surface area contributed by atoms with Gasteiger partial charge in [0.05, 0.1) is 0 Å². The molecule has 1 aliphatic carbocycles. The van der Waals surface area contributed by atoms with E-state index in [4.69, 9.17) is 0 Å². The number of hydrogen-bond acceptors (Lipinski definition) is 0. The maximum absolute atomic E-state index is 13.6. The van der Waals surface area contributed by atoms with E-state index >= 15 is 0 Å². The highest BCUT2D eigenvalue weighted by Crippen LogP contribution is 2.03. The van der Waals surface area contributed by atoms with Crippen molar-refractivity contribution in [2.45, 2.75) is 12.8 Å². The SMILES string of the molecule is C=Cc1ccc2c(c1F)=CCCC=2. The summed E-state index contributed by atoms with van der Waals surface area (Å²) < 4.78 is 13.6. The molecule has 0 heterocycles. The fourth-order valence-electron chi connectivity index (χ4n) is 1.63. The molecule has 0 N–H and O–H groups in total. The van der Waals surface area contributed by atoms with Crippen LogP contribution in [0.25, 0.3) is 18.2 Å². The van der Waals surface area contributed by atoms with E-state index in [1.807, 2.05) is 12.1 Å². The van der Waals surface area contributed by atoms with Gasteiger partial charge in [-0.1, -0.05) is 36.9 Å². The summed E-state index contributed by atoms with van der Waals surface area (Å²) in [4.78, 5) is 0. The van der Waals surface area contributed by atoms with Crippen LogP contribution in [0, 0.1) is 5.82 Å². The zero-order valence-electron chi connectivity index (χ0n) is 7.39. The first kappa shape index (κ1) is 8.24. The molecule has 1 heteroatoms. The van der Waals surface area contributed by atoms with E-state index in [-0.39, 0.29) is 5.82 Å². The summed E-state index contributed by atoms with van der Waals surface area (Å²) in [6.07, 6.45) is 7.53. The van der Waals surface area contributed by atoms with Gasteiger partial charge in [-0.05, 0) is 18.1 Å². The Morgan fingerprint density at radius 1 is 1.23 bits per heavy atom. The van der Waals surface area contributed by atoms with E-state index in [0.29, 0.717) is 5.56 Å². The van der Waals surface area contributed by atoms with Crippen LogP contribution in [0.4, 0.5) is 4.39 Å². The minimum atomic E-state index is -0.136. The molecule has 0 saturated carbocycles. The molecule has 0 radical (unpaired) electrons. The van der Waals surface area contributed by atoms with Crippen LogP contribution < -0.4 is 10.4 Å². The third kappa shape index (κ3) is 1.31. The fourth-order valence-corrected chi connectivity index (χ4v) is 1.63. The number of rotatable bonds is 1. The normalized spacial score (nSPS) is 13.9. The number of fused-ring (bicyclic) bond motifs is 1. The Bertz CT molecular complexity index is 455. The van der Waals surface area contributed by atoms with Gasteiger partial charge in [0.2, 0.25) is 0 Å². The van der Waals surface area contributed by atoms with Gasteiger partial charge in [0.25, 0.3) is 0 Å². The third-order valence-electron chi connectivity index (χ3n) is 2.34. The highest BCUT2D eigenvalue weighted by atomic mass is 19.1. The van der Waals surface area contributed by atoms with E-state index in [1.165, 1.54) is 0 Å². The second-order valence-corrected chi connectivity index (χ2v) is 3.16. The molecule has 2 rings (SSSR count). The first-order chi connectivity index (χ1) is 6.33. The summed E-state index contributed by atoms with van der Waals surface area (Å²) in [5.74, 6) is -0.136. The molecule has 0 bridgehead atoms. The predicted molar refractivity (Wildman–Crippen MR) is 53.9 cm³/mol. The second-order valence-electron chi connectivity index (χ2n) is 3.16. The number of hydrogen-bond donors (Lipinski definition) is 0. The van der Waals surface area contributed by atoms with E-state index < -0.39 is 0 Å². The smallest absolute Gasteiger partial charge is 0.137 e. The molecule has 0 aromatic heterocycles. The Morgan fingerprint density at radius 3 is 2.77 bits per heavy atom. The van der Waals surface area contributed by atoms with Crippen molar-refractivity contribution in [1.29, 1.82) is 0 Å². The van der Waals surface area contributed by atoms with Gasteiger partial charge in [-0.2, -0.15) is 0 Å². The Kier molecular flexibility index (Phi) is 2.01. The molecule has 0 atom stereocenters. The highest BCUT2D eigenvalue weighted by molar-refractivity contribution is 5.51. The lowest BCUT2D eigenvalue weighted by Gasteiger charge is -2.03. The Morgan fingerprint density at radius 2 is 2.00 bits per heavy atom. The molecular weight excluding hydrogens is 163 g/mol. The summed E-state index contributed by atoms with van der Waals surface area (Å²) in [6.45, 7) is 3.58. The summed E-state index contributed by atoms with van der Waals surface area (Å²) in [6, 6.07) is 3.72. The quantitative estimate of drug-likeness (QED) is 0.609. The highest BCUT2D eigenvalue weighted by Gasteiger charge is 2.02. The van der Waals surface area contributed by atoms with Gasteiger partial charge < -0.3 is 0 Å². The van der Waals surface area contributed by atoms with Crippen molar-refractivity contribution in [2.75, 3.05) is 0 Å². The topological polar surface area (TPSA) is 0 Å². The zero-order chi connectivity index (χ0) is 9.26. The van der Waals surface area contributed by atoms with Crippen LogP contribution in [0.15, 0.2) is 18.7 Å². The maximum Gasteiger partial charge on any atom is 0.137 e. The van der Waals surface area contributed by atoms with Crippen LogP contribution >= 0.6 is 0 Å². The van der Waals surface area contributed by atoms with Crippen molar-refractivity contribution in [3.8, 4) is 0 Å². The second kappa shape index (κ2) is 3.17. The van der Waals surface area contributed by atoms with Crippen molar-refractivity contribution >= 4 is 18.2 Å². The van der Waals surface area contributed by atoms with Gasteiger partial charge in [-0.15, -0.1) is 0 Å². The molecule has 1 aromatic rings.